The third-order valence-electron chi connectivity index (χ3n) is 4.14. The van der Waals surface area contributed by atoms with Crippen LogP contribution in [0.5, 0.6) is 0 Å². The molecule has 2 rings (SSSR count). The van der Waals surface area contributed by atoms with Crippen LogP contribution < -0.4 is 5.32 Å². The Balaban J connectivity index is 2.05. The lowest BCUT2D eigenvalue weighted by Crippen LogP contribution is -2.23. The van der Waals surface area contributed by atoms with Crippen LogP contribution in [0.15, 0.2) is 24.3 Å². The molecule has 1 N–H and O–H groups in total. The maximum Gasteiger partial charge on any atom is 0.0480 e. The Kier molecular flexibility index (Phi) is 5.87. The van der Waals surface area contributed by atoms with Crippen molar-refractivity contribution in [3.05, 3.63) is 35.4 Å². The summed E-state index contributed by atoms with van der Waals surface area (Å²) in [5, 5.41) is 3.64. The zero-order valence-corrected chi connectivity index (χ0v) is 12.3. The van der Waals surface area contributed by atoms with Gasteiger partial charge in [-0.15, -0.1) is 0 Å². The minimum atomic E-state index is 0.430. The molecule has 1 aliphatic rings. The highest BCUT2D eigenvalue weighted by Crippen LogP contribution is 2.37. The SMILES string of the molecule is CCCNC(CCOC)c1cccc(C2CCC2)c1. The Hall–Kier alpha value is -0.860. The van der Waals surface area contributed by atoms with Crippen molar-refractivity contribution in [2.75, 3.05) is 20.3 Å². The van der Waals surface area contributed by atoms with Crippen molar-refractivity contribution in [1.82, 2.24) is 5.32 Å². The van der Waals surface area contributed by atoms with Gasteiger partial charge in [0.1, 0.15) is 0 Å². The lowest BCUT2D eigenvalue weighted by atomic mass is 9.79. The molecule has 1 saturated carbocycles. The second kappa shape index (κ2) is 7.66. The molecule has 0 spiro atoms. The molecule has 1 unspecified atom stereocenters. The zero-order chi connectivity index (χ0) is 13.5. The van der Waals surface area contributed by atoms with Gasteiger partial charge in [-0.3, -0.25) is 0 Å². The first-order valence-electron chi connectivity index (χ1n) is 7.67. The highest BCUT2D eigenvalue weighted by molar-refractivity contribution is 5.29. The van der Waals surface area contributed by atoms with Crippen LogP contribution in [0.2, 0.25) is 0 Å². The molecule has 0 heterocycles. The molecule has 2 nitrogen and oxygen atoms in total. The van der Waals surface area contributed by atoms with Crippen LogP contribution in [0.1, 0.15) is 62.1 Å². The second-order valence-corrected chi connectivity index (χ2v) is 5.59. The maximum absolute atomic E-state index is 5.24. The van der Waals surface area contributed by atoms with E-state index in [1.54, 1.807) is 7.11 Å². The molecule has 0 aliphatic heterocycles. The van der Waals surface area contributed by atoms with Crippen LogP contribution in [0.3, 0.4) is 0 Å². The molecule has 0 aromatic heterocycles. The lowest BCUT2D eigenvalue weighted by Gasteiger charge is -2.27. The fraction of sp³-hybridized carbons (Fsp3) is 0.647. The molecular weight excluding hydrogens is 234 g/mol. The van der Waals surface area contributed by atoms with Crippen molar-refractivity contribution in [3.63, 3.8) is 0 Å². The summed E-state index contributed by atoms with van der Waals surface area (Å²) in [6.07, 6.45) is 6.36. The van der Waals surface area contributed by atoms with Crippen LogP contribution in [0.4, 0.5) is 0 Å². The summed E-state index contributed by atoms with van der Waals surface area (Å²) in [5.41, 5.74) is 2.96. The fourth-order valence-corrected chi connectivity index (χ4v) is 2.71. The average Bonchev–Trinajstić information content (AvgIpc) is 2.37. The minimum absolute atomic E-state index is 0.430. The zero-order valence-electron chi connectivity index (χ0n) is 12.3. The number of ether oxygens (including phenoxy) is 1. The van der Waals surface area contributed by atoms with Gasteiger partial charge in [0.2, 0.25) is 0 Å². The Morgan fingerprint density at radius 3 is 2.84 bits per heavy atom. The Morgan fingerprint density at radius 2 is 2.21 bits per heavy atom. The molecule has 106 valence electrons. The van der Waals surface area contributed by atoms with Gasteiger partial charge in [0.05, 0.1) is 0 Å². The molecule has 2 heteroatoms. The largest absolute Gasteiger partial charge is 0.385 e. The average molecular weight is 261 g/mol. The number of benzene rings is 1. The van der Waals surface area contributed by atoms with Gasteiger partial charge < -0.3 is 10.1 Å². The van der Waals surface area contributed by atoms with E-state index < -0.39 is 0 Å². The van der Waals surface area contributed by atoms with Crippen molar-refractivity contribution < 1.29 is 4.74 Å². The Labute approximate surface area is 117 Å². The molecular formula is C17H27NO. The van der Waals surface area contributed by atoms with Crippen LogP contribution in [0.25, 0.3) is 0 Å². The van der Waals surface area contributed by atoms with Crippen molar-refractivity contribution in [3.8, 4) is 0 Å². The Morgan fingerprint density at radius 1 is 1.37 bits per heavy atom. The maximum atomic E-state index is 5.24. The van der Waals surface area contributed by atoms with Crippen LogP contribution in [-0.4, -0.2) is 20.3 Å². The quantitative estimate of drug-likeness (QED) is 0.763. The molecule has 0 radical (unpaired) electrons. The third-order valence-corrected chi connectivity index (χ3v) is 4.14. The van der Waals surface area contributed by atoms with Crippen molar-refractivity contribution in [1.29, 1.82) is 0 Å². The standard InChI is InChI=1S/C17H27NO/c1-3-11-18-17(10-12-19-2)16-9-5-8-15(13-16)14-6-4-7-14/h5,8-9,13-14,17-18H,3-4,6-7,10-12H2,1-2H3. The van der Waals surface area contributed by atoms with Crippen molar-refractivity contribution in [2.24, 2.45) is 0 Å². The molecule has 1 aliphatic carbocycles. The van der Waals surface area contributed by atoms with Gasteiger partial charge in [-0.1, -0.05) is 37.6 Å². The third kappa shape index (κ3) is 4.05. The van der Waals surface area contributed by atoms with E-state index in [1.165, 1.54) is 36.8 Å². The summed E-state index contributed by atoms with van der Waals surface area (Å²) in [5.74, 6) is 0.814. The summed E-state index contributed by atoms with van der Waals surface area (Å²) >= 11 is 0. The van der Waals surface area contributed by atoms with Gasteiger partial charge in [0.15, 0.2) is 0 Å². The molecule has 1 aromatic carbocycles. The van der Waals surface area contributed by atoms with E-state index in [0.717, 1.165) is 25.5 Å². The topological polar surface area (TPSA) is 21.3 Å². The summed E-state index contributed by atoms with van der Waals surface area (Å²) in [7, 11) is 1.78. The van der Waals surface area contributed by atoms with Gasteiger partial charge in [0, 0.05) is 19.8 Å². The van der Waals surface area contributed by atoms with E-state index >= 15 is 0 Å². The van der Waals surface area contributed by atoms with E-state index in [9.17, 15) is 0 Å². The van der Waals surface area contributed by atoms with E-state index in [4.69, 9.17) is 4.74 Å². The highest BCUT2D eigenvalue weighted by Gasteiger charge is 2.20. The number of nitrogens with one attached hydrogen (secondary N) is 1. The van der Waals surface area contributed by atoms with E-state index in [1.807, 2.05) is 0 Å². The monoisotopic (exact) mass is 261 g/mol. The molecule has 0 bridgehead atoms. The molecule has 1 aromatic rings. The van der Waals surface area contributed by atoms with E-state index in [0.29, 0.717) is 6.04 Å². The molecule has 0 amide bonds. The Bertz CT molecular complexity index is 365. The molecule has 1 fully saturated rings. The number of rotatable bonds is 8. The predicted octanol–water partition coefficient (Wildman–Crippen LogP) is 4.03. The van der Waals surface area contributed by atoms with Crippen LogP contribution in [-0.2, 0) is 4.74 Å². The predicted molar refractivity (Wildman–Crippen MR) is 80.6 cm³/mol. The van der Waals surface area contributed by atoms with Crippen LogP contribution >= 0.6 is 0 Å². The van der Waals surface area contributed by atoms with Gasteiger partial charge in [-0.25, -0.2) is 0 Å². The first-order chi connectivity index (χ1) is 9.35. The molecule has 1 atom stereocenters. The summed E-state index contributed by atoms with van der Waals surface area (Å²) in [6, 6.07) is 9.61. The summed E-state index contributed by atoms with van der Waals surface area (Å²) in [6.45, 7) is 4.10. The van der Waals surface area contributed by atoms with E-state index in [2.05, 4.69) is 36.5 Å². The summed E-state index contributed by atoms with van der Waals surface area (Å²) < 4.78 is 5.24. The second-order valence-electron chi connectivity index (χ2n) is 5.59. The fourth-order valence-electron chi connectivity index (χ4n) is 2.71. The van der Waals surface area contributed by atoms with Gasteiger partial charge in [0.25, 0.3) is 0 Å². The first-order valence-corrected chi connectivity index (χ1v) is 7.67. The van der Waals surface area contributed by atoms with Gasteiger partial charge >= 0.3 is 0 Å². The van der Waals surface area contributed by atoms with Crippen molar-refractivity contribution in [2.45, 2.75) is 51.0 Å². The van der Waals surface area contributed by atoms with Crippen LogP contribution in [0, 0.1) is 0 Å². The van der Waals surface area contributed by atoms with Gasteiger partial charge in [-0.05, 0) is 49.3 Å². The minimum Gasteiger partial charge on any atom is -0.385 e. The normalized spacial score (nSPS) is 17.2. The smallest absolute Gasteiger partial charge is 0.0480 e. The van der Waals surface area contributed by atoms with Gasteiger partial charge in [-0.2, -0.15) is 0 Å². The number of hydrogen-bond acceptors (Lipinski definition) is 2. The first kappa shape index (κ1) is 14.5. The van der Waals surface area contributed by atoms with Crippen molar-refractivity contribution >= 4 is 0 Å². The summed E-state index contributed by atoms with van der Waals surface area (Å²) in [4.78, 5) is 0. The molecule has 19 heavy (non-hydrogen) atoms. The number of hydrogen-bond donors (Lipinski definition) is 1. The number of methoxy groups -OCH3 is 1. The highest BCUT2D eigenvalue weighted by atomic mass is 16.5. The lowest BCUT2D eigenvalue weighted by molar-refractivity contribution is 0.183. The molecule has 0 saturated heterocycles. The van der Waals surface area contributed by atoms with E-state index in [-0.39, 0.29) is 0 Å².